The molecule has 3 aromatic heterocycles. The number of aromatic nitrogens is 5. The van der Waals surface area contributed by atoms with Gasteiger partial charge in [-0.2, -0.15) is 15.1 Å². The summed E-state index contributed by atoms with van der Waals surface area (Å²) in [4.78, 5) is 12.6. The molecule has 0 radical (unpaired) electrons. The molecular weight excluding hydrogens is 310 g/mol. The number of H-pyrrole nitrogens is 1. The third-order valence-electron chi connectivity index (χ3n) is 3.85. The van der Waals surface area contributed by atoms with Crippen LogP contribution in [0.1, 0.15) is 6.42 Å². The van der Waals surface area contributed by atoms with Crippen LogP contribution in [0.5, 0.6) is 5.88 Å². The number of nitrogens with two attached hydrogens (primary N) is 1. The summed E-state index contributed by atoms with van der Waals surface area (Å²) in [6.45, 7) is 1.14. The van der Waals surface area contributed by atoms with Gasteiger partial charge in [0.1, 0.15) is 11.9 Å². The summed E-state index contributed by atoms with van der Waals surface area (Å²) in [7, 11) is 0. The van der Waals surface area contributed by atoms with Crippen molar-refractivity contribution in [3.05, 3.63) is 30.6 Å². The van der Waals surface area contributed by atoms with Crippen molar-refractivity contribution in [3.8, 4) is 5.88 Å². The third kappa shape index (κ3) is 2.93. The Balaban J connectivity index is 1.57. The fourth-order valence-corrected chi connectivity index (χ4v) is 2.70. The summed E-state index contributed by atoms with van der Waals surface area (Å²) in [5, 5.41) is 10.9. The molecule has 0 amide bonds. The number of rotatable bonds is 4. The second-order valence-corrected chi connectivity index (χ2v) is 5.50. The lowest BCUT2D eigenvalue weighted by atomic mass is 10.1. The van der Waals surface area contributed by atoms with E-state index in [0.29, 0.717) is 30.6 Å². The number of hydrogen-bond acceptors (Lipinski definition) is 8. The number of fused-ring (bicyclic) bond motifs is 1. The molecule has 9 heteroatoms. The highest BCUT2D eigenvalue weighted by Crippen LogP contribution is 2.23. The maximum Gasteiger partial charge on any atom is 0.224 e. The lowest BCUT2D eigenvalue weighted by molar-refractivity contribution is 0.0129. The van der Waals surface area contributed by atoms with Gasteiger partial charge in [-0.05, 0) is 6.07 Å². The highest BCUT2D eigenvalue weighted by Gasteiger charge is 2.29. The predicted octanol–water partition coefficient (Wildman–Crippen LogP) is 0.978. The number of nitrogens with one attached hydrogen (secondary N) is 2. The second kappa shape index (κ2) is 6.28. The van der Waals surface area contributed by atoms with Crippen molar-refractivity contribution in [1.82, 2.24) is 25.1 Å². The van der Waals surface area contributed by atoms with Crippen LogP contribution in [0.4, 0.5) is 11.8 Å². The van der Waals surface area contributed by atoms with Crippen molar-refractivity contribution >= 4 is 22.8 Å². The van der Waals surface area contributed by atoms with E-state index in [-0.39, 0.29) is 18.1 Å². The molecule has 0 aromatic carbocycles. The molecule has 4 N–H and O–H groups in total. The third-order valence-corrected chi connectivity index (χ3v) is 3.85. The van der Waals surface area contributed by atoms with Gasteiger partial charge in [-0.1, -0.05) is 6.07 Å². The zero-order valence-corrected chi connectivity index (χ0v) is 12.8. The predicted molar refractivity (Wildman–Crippen MR) is 87.6 cm³/mol. The summed E-state index contributed by atoms with van der Waals surface area (Å²) < 4.78 is 11.6. The van der Waals surface area contributed by atoms with Gasteiger partial charge in [-0.15, -0.1) is 0 Å². The first-order valence-electron chi connectivity index (χ1n) is 7.68. The van der Waals surface area contributed by atoms with Gasteiger partial charge in [0.05, 0.1) is 30.8 Å². The van der Waals surface area contributed by atoms with Crippen LogP contribution in [-0.2, 0) is 4.74 Å². The monoisotopic (exact) mass is 327 g/mol. The Bertz CT molecular complexity index is 823. The summed E-state index contributed by atoms with van der Waals surface area (Å²) >= 11 is 0. The van der Waals surface area contributed by atoms with Gasteiger partial charge in [-0.25, -0.2) is 4.98 Å². The standard InChI is InChI=1S/C15H17N7O2/c16-15-20-13(9-7-18-22-14(9)21-15)19-10-8-23-6-4-11(10)24-12-3-1-2-5-17-12/h1-3,5,7,10-11H,4,6,8H2,(H4,16,18,19,20,21,22). The van der Waals surface area contributed by atoms with Crippen LogP contribution in [0.2, 0.25) is 0 Å². The largest absolute Gasteiger partial charge is 0.472 e. The minimum absolute atomic E-state index is 0.0897. The molecule has 1 saturated heterocycles. The van der Waals surface area contributed by atoms with Gasteiger partial charge in [0, 0.05) is 18.7 Å². The highest BCUT2D eigenvalue weighted by molar-refractivity contribution is 5.86. The number of nitrogens with zero attached hydrogens (tertiary/aromatic N) is 4. The average Bonchev–Trinajstić information content (AvgIpc) is 3.06. The fourth-order valence-electron chi connectivity index (χ4n) is 2.70. The van der Waals surface area contributed by atoms with Crippen molar-refractivity contribution < 1.29 is 9.47 Å². The average molecular weight is 327 g/mol. The maximum atomic E-state index is 6.01. The van der Waals surface area contributed by atoms with Crippen molar-refractivity contribution in [2.24, 2.45) is 0 Å². The quantitative estimate of drug-likeness (QED) is 0.648. The van der Waals surface area contributed by atoms with E-state index in [0.717, 1.165) is 11.8 Å². The first-order valence-corrected chi connectivity index (χ1v) is 7.68. The first kappa shape index (κ1) is 14.6. The zero-order chi connectivity index (χ0) is 16.4. The number of hydrogen-bond donors (Lipinski definition) is 3. The molecule has 0 aliphatic carbocycles. The number of nitrogen functional groups attached to an aromatic ring is 1. The highest BCUT2D eigenvalue weighted by atomic mass is 16.5. The molecule has 1 fully saturated rings. The molecule has 4 heterocycles. The van der Waals surface area contributed by atoms with Crippen LogP contribution in [0.3, 0.4) is 0 Å². The minimum Gasteiger partial charge on any atom is -0.472 e. The molecule has 0 saturated carbocycles. The van der Waals surface area contributed by atoms with Crippen LogP contribution in [0, 0.1) is 0 Å². The summed E-state index contributed by atoms with van der Waals surface area (Å²) in [6.07, 6.45) is 4.03. The Morgan fingerprint density at radius 2 is 2.29 bits per heavy atom. The SMILES string of the molecule is Nc1nc(NC2COCCC2Oc2ccccn2)c2cn[nH]c2n1. The molecule has 3 aromatic rings. The van der Waals surface area contributed by atoms with E-state index < -0.39 is 0 Å². The molecule has 4 rings (SSSR count). The molecule has 0 bridgehead atoms. The van der Waals surface area contributed by atoms with Crippen molar-refractivity contribution in [2.45, 2.75) is 18.6 Å². The fraction of sp³-hybridized carbons (Fsp3) is 0.333. The normalized spacial score (nSPS) is 20.8. The van der Waals surface area contributed by atoms with Crippen LogP contribution in [0.15, 0.2) is 30.6 Å². The molecule has 1 aliphatic heterocycles. The lowest BCUT2D eigenvalue weighted by Crippen LogP contribution is -2.46. The number of anilines is 2. The molecule has 9 nitrogen and oxygen atoms in total. The lowest BCUT2D eigenvalue weighted by Gasteiger charge is -2.32. The summed E-state index contributed by atoms with van der Waals surface area (Å²) in [5.41, 5.74) is 6.35. The number of aromatic amines is 1. The van der Waals surface area contributed by atoms with Gasteiger partial charge in [0.2, 0.25) is 11.8 Å². The van der Waals surface area contributed by atoms with E-state index in [1.165, 1.54) is 0 Å². The van der Waals surface area contributed by atoms with Crippen LogP contribution < -0.4 is 15.8 Å². The van der Waals surface area contributed by atoms with Gasteiger partial charge >= 0.3 is 0 Å². The van der Waals surface area contributed by atoms with Crippen molar-refractivity contribution in [1.29, 1.82) is 0 Å². The Hall–Kier alpha value is -2.94. The summed E-state index contributed by atoms with van der Waals surface area (Å²) in [5.74, 6) is 1.37. The smallest absolute Gasteiger partial charge is 0.224 e. The number of pyridine rings is 1. The van der Waals surface area contributed by atoms with Gasteiger partial charge in [0.25, 0.3) is 0 Å². The van der Waals surface area contributed by atoms with Gasteiger partial charge in [-0.3, -0.25) is 5.10 Å². The van der Waals surface area contributed by atoms with E-state index in [4.69, 9.17) is 15.2 Å². The molecule has 2 atom stereocenters. The van der Waals surface area contributed by atoms with Crippen LogP contribution in [0.25, 0.3) is 11.0 Å². The zero-order valence-electron chi connectivity index (χ0n) is 12.8. The van der Waals surface area contributed by atoms with Crippen molar-refractivity contribution in [2.75, 3.05) is 24.3 Å². The maximum absolute atomic E-state index is 6.01. The van der Waals surface area contributed by atoms with Crippen LogP contribution >= 0.6 is 0 Å². The molecular formula is C15H17N7O2. The van der Waals surface area contributed by atoms with E-state index in [1.807, 2.05) is 18.2 Å². The Labute approximate surface area is 137 Å². The molecule has 2 unspecified atom stereocenters. The van der Waals surface area contributed by atoms with E-state index >= 15 is 0 Å². The Morgan fingerprint density at radius 1 is 1.33 bits per heavy atom. The van der Waals surface area contributed by atoms with Crippen LogP contribution in [-0.4, -0.2) is 50.5 Å². The minimum atomic E-state index is -0.0909. The first-order chi connectivity index (χ1) is 11.8. The molecule has 0 spiro atoms. The molecule has 24 heavy (non-hydrogen) atoms. The topological polar surface area (TPSA) is 124 Å². The Morgan fingerprint density at radius 3 is 3.17 bits per heavy atom. The van der Waals surface area contributed by atoms with E-state index in [9.17, 15) is 0 Å². The molecule has 1 aliphatic rings. The van der Waals surface area contributed by atoms with Crippen molar-refractivity contribution in [3.63, 3.8) is 0 Å². The van der Waals surface area contributed by atoms with Gasteiger partial charge < -0.3 is 20.5 Å². The number of ether oxygens (including phenoxy) is 2. The molecule has 124 valence electrons. The second-order valence-electron chi connectivity index (χ2n) is 5.50. The van der Waals surface area contributed by atoms with E-state index in [1.54, 1.807) is 12.4 Å². The summed E-state index contributed by atoms with van der Waals surface area (Å²) in [6, 6.07) is 5.49. The van der Waals surface area contributed by atoms with Gasteiger partial charge in [0.15, 0.2) is 5.65 Å². The Kier molecular flexibility index (Phi) is 3.83. The van der Waals surface area contributed by atoms with E-state index in [2.05, 4.69) is 30.5 Å².